The Balaban J connectivity index is 0.000000182. The molecule has 4 heteroatoms. The summed E-state index contributed by atoms with van der Waals surface area (Å²) in [6.07, 6.45) is 8.05. The normalized spacial score (nSPS) is 11.9. The first-order chi connectivity index (χ1) is 16.8. The van der Waals surface area contributed by atoms with Gasteiger partial charge < -0.3 is 9.97 Å². The molecule has 0 atom stereocenters. The Labute approximate surface area is 197 Å². The molecule has 0 spiro atoms. The highest BCUT2D eigenvalue weighted by Crippen LogP contribution is 2.20. The monoisotopic (exact) mass is 438 g/mol. The van der Waals surface area contributed by atoms with E-state index < -0.39 is 0 Å². The van der Waals surface area contributed by atoms with E-state index in [1.165, 1.54) is 11.1 Å². The van der Waals surface area contributed by atoms with Crippen molar-refractivity contribution in [2.24, 2.45) is 0 Å². The molecule has 3 aromatic heterocycles. The van der Waals surface area contributed by atoms with Crippen LogP contribution in [0.25, 0.3) is 57.5 Å². The van der Waals surface area contributed by atoms with Gasteiger partial charge in [0, 0.05) is 22.1 Å². The van der Waals surface area contributed by atoms with Gasteiger partial charge in [-0.15, -0.1) is 0 Å². The molecular formula is C30H22N4. The van der Waals surface area contributed by atoms with Crippen LogP contribution in [0.2, 0.25) is 0 Å². The fourth-order valence-electron chi connectivity index (χ4n) is 4.08. The molecule has 7 rings (SSSR count). The molecule has 4 nitrogen and oxygen atoms in total. The van der Waals surface area contributed by atoms with Gasteiger partial charge in [-0.05, 0) is 84.0 Å². The number of H-pyrrole nitrogens is 2. The number of fused-ring (bicyclic) bond motifs is 9. The number of hydrogen-bond acceptors (Lipinski definition) is 2. The maximum Gasteiger partial charge on any atom is 0.0659 e. The van der Waals surface area contributed by atoms with Gasteiger partial charge >= 0.3 is 0 Å². The summed E-state index contributed by atoms with van der Waals surface area (Å²) in [6.45, 7) is 0. The van der Waals surface area contributed by atoms with Crippen molar-refractivity contribution in [1.29, 1.82) is 0 Å². The van der Waals surface area contributed by atoms with Crippen LogP contribution in [0.15, 0.2) is 97.1 Å². The number of rotatable bonds is 0. The Bertz CT molecular complexity index is 1550. The van der Waals surface area contributed by atoms with Gasteiger partial charge in [0.05, 0.1) is 22.8 Å². The quantitative estimate of drug-likeness (QED) is 0.258. The maximum atomic E-state index is 4.62. The molecular weight excluding hydrogens is 416 g/mol. The van der Waals surface area contributed by atoms with Gasteiger partial charge in [0.2, 0.25) is 0 Å². The Morgan fingerprint density at radius 3 is 1.29 bits per heavy atom. The first kappa shape index (κ1) is 19.9. The number of aromatic nitrogens is 4. The largest absolute Gasteiger partial charge is 0.355 e. The lowest BCUT2D eigenvalue weighted by Crippen LogP contribution is -1.77. The van der Waals surface area contributed by atoms with E-state index in [1.54, 1.807) is 0 Å². The van der Waals surface area contributed by atoms with Crippen LogP contribution in [-0.2, 0) is 0 Å². The van der Waals surface area contributed by atoms with Crippen LogP contribution in [-0.4, -0.2) is 19.9 Å². The van der Waals surface area contributed by atoms with Crippen LogP contribution in [0.4, 0.5) is 0 Å². The molecule has 0 radical (unpaired) electrons. The Morgan fingerprint density at radius 2 is 0.794 bits per heavy atom. The van der Waals surface area contributed by atoms with Crippen molar-refractivity contribution in [2.45, 2.75) is 0 Å². The summed E-state index contributed by atoms with van der Waals surface area (Å²) < 4.78 is 0. The molecule has 2 aliphatic heterocycles. The van der Waals surface area contributed by atoms with Crippen molar-refractivity contribution in [3.8, 4) is 11.1 Å². The molecule has 0 amide bonds. The predicted molar refractivity (Wildman–Crippen MR) is 142 cm³/mol. The Hall–Kier alpha value is -4.70. The lowest BCUT2D eigenvalue weighted by Gasteiger charge is -1.86. The first-order valence-corrected chi connectivity index (χ1v) is 11.3. The molecule has 162 valence electrons. The molecule has 2 aliphatic carbocycles. The molecule has 0 aromatic carbocycles. The summed E-state index contributed by atoms with van der Waals surface area (Å²) in [6, 6.07) is 33.1. The zero-order valence-corrected chi connectivity index (χ0v) is 18.4. The third-order valence-electron chi connectivity index (χ3n) is 5.70. The van der Waals surface area contributed by atoms with Crippen molar-refractivity contribution in [2.75, 3.05) is 0 Å². The van der Waals surface area contributed by atoms with Gasteiger partial charge in [0.1, 0.15) is 0 Å². The van der Waals surface area contributed by atoms with Gasteiger partial charge in [-0.2, -0.15) is 0 Å². The number of nitrogens with zero attached hydrogens (tertiary/aromatic N) is 2. The van der Waals surface area contributed by atoms with Crippen LogP contribution in [0.3, 0.4) is 0 Å². The highest BCUT2D eigenvalue weighted by molar-refractivity contribution is 5.77. The third kappa shape index (κ3) is 4.43. The summed E-state index contributed by atoms with van der Waals surface area (Å²) >= 11 is 0. The van der Waals surface area contributed by atoms with Crippen molar-refractivity contribution < 1.29 is 0 Å². The third-order valence-corrected chi connectivity index (χ3v) is 5.70. The minimum Gasteiger partial charge on any atom is -0.355 e. The van der Waals surface area contributed by atoms with E-state index in [1.807, 2.05) is 48.6 Å². The van der Waals surface area contributed by atoms with Crippen LogP contribution < -0.4 is 0 Å². The van der Waals surface area contributed by atoms with Crippen LogP contribution >= 0.6 is 0 Å². The summed E-state index contributed by atoms with van der Waals surface area (Å²) in [5.41, 5.74) is 10.5. The smallest absolute Gasteiger partial charge is 0.0659 e. The van der Waals surface area contributed by atoms with Crippen molar-refractivity contribution in [3.63, 3.8) is 0 Å². The van der Waals surface area contributed by atoms with Crippen molar-refractivity contribution >= 4 is 46.4 Å². The summed E-state index contributed by atoms with van der Waals surface area (Å²) in [5, 5.41) is 0. The average Bonchev–Trinajstić information content (AvgIpc) is 3.65. The van der Waals surface area contributed by atoms with E-state index in [0.29, 0.717) is 0 Å². The lowest BCUT2D eigenvalue weighted by atomic mass is 10.2. The van der Waals surface area contributed by atoms with E-state index >= 15 is 0 Å². The van der Waals surface area contributed by atoms with Gasteiger partial charge in [0.25, 0.3) is 0 Å². The summed E-state index contributed by atoms with van der Waals surface area (Å²) in [5.74, 6) is 0. The standard InChI is InChI=1S/C20H14N4.C10H8/c1-2-14-10-16-5-6-18(23-16)12-20-8-7-19(24-20)11-17-4-3-15(22-17)9-13(1)21-14;1-2-5-9-7-4-8-10(9)6-3-1/h1-12,21-22H;1-8H. The van der Waals surface area contributed by atoms with Crippen molar-refractivity contribution in [1.82, 2.24) is 19.9 Å². The van der Waals surface area contributed by atoms with E-state index in [4.69, 9.17) is 0 Å². The van der Waals surface area contributed by atoms with E-state index in [-0.39, 0.29) is 0 Å². The average molecular weight is 439 g/mol. The molecule has 8 bridgehead atoms. The highest BCUT2D eigenvalue weighted by atomic mass is 14.8. The van der Waals surface area contributed by atoms with Crippen LogP contribution in [0.1, 0.15) is 22.8 Å². The van der Waals surface area contributed by atoms with Gasteiger partial charge in [0.15, 0.2) is 0 Å². The fourth-order valence-corrected chi connectivity index (χ4v) is 4.08. The fraction of sp³-hybridized carbons (Fsp3) is 0. The molecule has 0 unspecified atom stereocenters. The SMILES string of the molecule is C1=Cc2cc3ccc(cc4ccc(cc5nc(cc1n2)C=C5)[nH]4)[nH]3.c1ccc2cccc-2cc1. The minimum atomic E-state index is 0.915. The lowest BCUT2D eigenvalue weighted by molar-refractivity contribution is 1.28. The highest BCUT2D eigenvalue weighted by Gasteiger charge is 2.02. The second-order valence-corrected chi connectivity index (χ2v) is 8.25. The molecule has 0 saturated carbocycles. The molecule has 34 heavy (non-hydrogen) atoms. The molecule has 0 fully saturated rings. The summed E-state index contributed by atoms with van der Waals surface area (Å²) in [7, 11) is 0. The van der Waals surface area contributed by atoms with Crippen molar-refractivity contribution in [3.05, 3.63) is 120 Å². The van der Waals surface area contributed by atoms with Gasteiger partial charge in [-0.3, -0.25) is 0 Å². The Kier molecular flexibility index (Phi) is 5.09. The zero-order valence-electron chi connectivity index (χ0n) is 18.4. The van der Waals surface area contributed by atoms with E-state index in [0.717, 1.165) is 44.8 Å². The minimum absolute atomic E-state index is 0.915. The molecule has 4 aliphatic rings. The second kappa shape index (κ2) is 8.68. The molecule has 5 heterocycles. The van der Waals surface area contributed by atoms with Gasteiger partial charge in [-0.1, -0.05) is 48.5 Å². The first-order valence-electron chi connectivity index (χ1n) is 11.3. The topological polar surface area (TPSA) is 57.4 Å². The summed E-state index contributed by atoms with van der Waals surface area (Å²) in [4.78, 5) is 16.0. The van der Waals surface area contributed by atoms with E-state index in [2.05, 4.69) is 92.7 Å². The Morgan fingerprint density at radius 1 is 0.382 bits per heavy atom. The number of aromatic amines is 2. The molecule has 2 N–H and O–H groups in total. The van der Waals surface area contributed by atoms with Gasteiger partial charge in [-0.25, -0.2) is 9.97 Å². The van der Waals surface area contributed by atoms with E-state index in [9.17, 15) is 0 Å². The molecule has 0 saturated heterocycles. The molecule has 3 aromatic rings. The van der Waals surface area contributed by atoms with Crippen LogP contribution in [0, 0.1) is 0 Å². The number of hydrogen-bond donors (Lipinski definition) is 2. The maximum absolute atomic E-state index is 4.62. The number of nitrogens with one attached hydrogen (secondary N) is 2. The second-order valence-electron chi connectivity index (χ2n) is 8.25. The van der Waals surface area contributed by atoms with Crippen LogP contribution in [0.5, 0.6) is 0 Å². The predicted octanol–water partition coefficient (Wildman–Crippen LogP) is 7.45. The zero-order chi connectivity index (χ0) is 22.7.